The second-order valence-corrected chi connectivity index (χ2v) is 12.5. The van der Waals surface area contributed by atoms with Crippen molar-refractivity contribution in [3.05, 3.63) is 52.0 Å². The number of hydrogen-bond donors (Lipinski definition) is 1. The molecule has 1 heterocycles. The van der Waals surface area contributed by atoms with Crippen molar-refractivity contribution >= 4 is 50.7 Å². The zero-order valence-corrected chi connectivity index (χ0v) is 25.6. The lowest BCUT2D eigenvalue weighted by Crippen LogP contribution is -2.50. The van der Waals surface area contributed by atoms with Crippen molar-refractivity contribution in [2.75, 3.05) is 30.3 Å². The van der Waals surface area contributed by atoms with E-state index in [-0.39, 0.29) is 43.8 Å². The SMILES string of the molecule is CC[C@@H](C)NC(=O)[C@H](CC)N(Cc1ccc(Cl)c(Cl)c1)C(=O)CCCN(c1ccc2c(c1)OCCO2)S(C)(=O)=O. The summed E-state index contributed by atoms with van der Waals surface area (Å²) in [5, 5.41) is 3.72. The number of halogens is 2. The lowest BCUT2D eigenvalue weighted by molar-refractivity contribution is -0.141. The molecule has 220 valence electrons. The molecule has 2 aromatic rings. The number of carbonyl (C=O) groups is 2. The third kappa shape index (κ3) is 8.41. The van der Waals surface area contributed by atoms with Crippen molar-refractivity contribution in [1.82, 2.24) is 10.2 Å². The fourth-order valence-electron chi connectivity index (χ4n) is 4.39. The molecule has 1 aliphatic heterocycles. The summed E-state index contributed by atoms with van der Waals surface area (Å²) in [5.74, 6) is 0.518. The number of hydrogen-bond acceptors (Lipinski definition) is 6. The first-order valence-electron chi connectivity index (χ1n) is 13.4. The molecule has 9 nitrogen and oxygen atoms in total. The Kier molecular flexibility index (Phi) is 11.4. The van der Waals surface area contributed by atoms with E-state index in [9.17, 15) is 18.0 Å². The molecule has 0 fully saturated rings. The number of anilines is 1. The monoisotopic (exact) mass is 613 g/mol. The summed E-state index contributed by atoms with van der Waals surface area (Å²) in [6, 6.07) is 9.29. The molecule has 0 spiro atoms. The highest BCUT2D eigenvalue weighted by atomic mass is 35.5. The van der Waals surface area contributed by atoms with E-state index in [2.05, 4.69) is 5.32 Å². The molecule has 3 rings (SSSR count). The minimum atomic E-state index is -3.65. The van der Waals surface area contributed by atoms with Crippen molar-refractivity contribution in [3.63, 3.8) is 0 Å². The zero-order chi connectivity index (χ0) is 29.4. The van der Waals surface area contributed by atoms with Crippen LogP contribution in [0.25, 0.3) is 0 Å². The third-order valence-electron chi connectivity index (χ3n) is 6.69. The lowest BCUT2D eigenvalue weighted by Gasteiger charge is -2.32. The van der Waals surface area contributed by atoms with Crippen molar-refractivity contribution < 1.29 is 27.5 Å². The summed E-state index contributed by atoms with van der Waals surface area (Å²) in [4.78, 5) is 28.3. The number of rotatable bonds is 13. The average molecular weight is 615 g/mol. The quantitative estimate of drug-likeness (QED) is 0.339. The Morgan fingerprint density at radius 1 is 1.00 bits per heavy atom. The lowest BCUT2D eigenvalue weighted by atomic mass is 10.1. The Bertz CT molecular complexity index is 1310. The number of benzene rings is 2. The maximum Gasteiger partial charge on any atom is 0.243 e. The molecule has 0 aliphatic carbocycles. The summed E-state index contributed by atoms with van der Waals surface area (Å²) in [6.07, 6.45) is 2.55. The Morgan fingerprint density at radius 2 is 1.70 bits per heavy atom. The van der Waals surface area contributed by atoms with E-state index in [4.69, 9.17) is 32.7 Å². The number of carbonyl (C=O) groups excluding carboxylic acids is 2. The number of sulfonamides is 1. The molecule has 2 amide bonds. The van der Waals surface area contributed by atoms with Gasteiger partial charge >= 0.3 is 0 Å². The van der Waals surface area contributed by atoms with Crippen molar-refractivity contribution in [1.29, 1.82) is 0 Å². The van der Waals surface area contributed by atoms with Gasteiger partial charge in [0.25, 0.3) is 0 Å². The molecule has 40 heavy (non-hydrogen) atoms. The number of amides is 2. The summed E-state index contributed by atoms with van der Waals surface area (Å²) >= 11 is 12.3. The van der Waals surface area contributed by atoms with Gasteiger partial charge in [0, 0.05) is 31.6 Å². The number of nitrogens with zero attached hydrogens (tertiary/aromatic N) is 2. The molecule has 12 heteroatoms. The topological polar surface area (TPSA) is 105 Å². The molecule has 0 aromatic heterocycles. The van der Waals surface area contributed by atoms with Gasteiger partial charge in [-0.2, -0.15) is 0 Å². The first-order chi connectivity index (χ1) is 18.9. The molecule has 0 saturated heterocycles. The summed E-state index contributed by atoms with van der Waals surface area (Å²) < 4.78 is 37.7. The van der Waals surface area contributed by atoms with Crippen molar-refractivity contribution in [2.45, 2.75) is 65.1 Å². The standard InChI is InChI=1S/C28H37Cl2N3O6S/c1-5-19(3)31-28(35)24(6-2)32(18-20-9-11-22(29)23(30)16-20)27(34)8-7-13-33(40(4,36)37)21-10-12-25-26(17-21)39-15-14-38-25/h9-12,16-17,19,24H,5-8,13-15,18H2,1-4H3,(H,31,35)/t19-,24+/m1/s1. The van der Waals surface area contributed by atoms with Gasteiger partial charge in [-0.05, 0) is 56.0 Å². The molecule has 0 radical (unpaired) electrons. The van der Waals surface area contributed by atoms with Crippen LogP contribution in [0, 0.1) is 0 Å². The van der Waals surface area contributed by atoms with Crippen LogP contribution in [0.4, 0.5) is 5.69 Å². The average Bonchev–Trinajstić information content (AvgIpc) is 2.91. The van der Waals surface area contributed by atoms with E-state index in [1.807, 2.05) is 20.8 Å². The van der Waals surface area contributed by atoms with E-state index >= 15 is 0 Å². The largest absolute Gasteiger partial charge is 0.486 e. The van der Waals surface area contributed by atoms with Gasteiger partial charge in [0.15, 0.2) is 11.5 Å². The minimum absolute atomic E-state index is 0.0327. The number of ether oxygens (including phenoxy) is 2. The van der Waals surface area contributed by atoms with Gasteiger partial charge in [0.05, 0.1) is 22.0 Å². The molecular weight excluding hydrogens is 577 g/mol. The fraction of sp³-hybridized carbons (Fsp3) is 0.500. The molecule has 0 unspecified atom stereocenters. The van der Waals surface area contributed by atoms with Gasteiger partial charge in [-0.3, -0.25) is 13.9 Å². The predicted octanol–water partition coefficient (Wildman–Crippen LogP) is 5.03. The molecule has 0 bridgehead atoms. The van der Waals surface area contributed by atoms with E-state index in [1.54, 1.807) is 36.4 Å². The zero-order valence-electron chi connectivity index (χ0n) is 23.3. The number of nitrogens with one attached hydrogen (secondary N) is 1. The second-order valence-electron chi connectivity index (χ2n) is 9.78. The van der Waals surface area contributed by atoms with Gasteiger partial charge in [-0.1, -0.05) is 43.1 Å². The fourth-order valence-corrected chi connectivity index (χ4v) is 5.66. The Morgan fingerprint density at radius 3 is 2.33 bits per heavy atom. The minimum Gasteiger partial charge on any atom is -0.486 e. The van der Waals surface area contributed by atoms with Crippen LogP contribution in [0.15, 0.2) is 36.4 Å². The highest BCUT2D eigenvalue weighted by molar-refractivity contribution is 7.92. The van der Waals surface area contributed by atoms with Gasteiger partial charge in [-0.25, -0.2) is 8.42 Å². The Hall–Kier alpha value is -2.69. The van der Waals surface area contributed by atoms with Crippen LogP contribution < -0.4 is 19.1 Å². The second kappa shape index (κ2) is 14.3. The first kappa shape index (κ1) is 31.8. The molecular formula is C28H37Cl2N3O6S. The maximum atomic E-state index is 13.6. The summed E-state index contributed by atoms with van der Waals surface area (Å²) in [6.45, 7) is 6.76. The molecule has 1 N–H and O–H groups in total. The maximum absolute atomic E-state index is 13.6. The van der Waals surface area contributed by atoms with Gasteiger partial charge in [0.1, 0.15) is 19.3 Å². The normalized spacial score (nSPS) is 14.2. The molecule has 0 saturated carbocycles. The first-order valence-corrected chi connectivity index (χ1v) is 16.0. The van der Waals surface area contributed by atoms with Crippen molar-refractivity contribution in [2.24, 2.45) is 0 Å². The Balaban J connectivity index is 1.79. The number of fused-ring (bicyclic) bond motifs is 1. The Labute approximate surface area is 246 Å². The van der Waals surface area contributed by atoms with Crippen LogP contribution in [-0.4, -0.2) is 63.2 Å². The van der Waals surface area contributed by atoms with Crippen LogP contribution in [0.1, 0.15) is 52.0 Å². The van der Waals surface area contributed by atoms with E-state index in [0.29, 0.717) is 46.9 Å². The van der Waals surface area contributed by atoms with E-state index in [1.165, 1.54) is 9.21 Å². The van der Waals surface area contributed by atoms with Crippen LogP contribution in [0.2, 0.25) is 10.0 Å². The van der Waals surface area contributed by atoms with Gasteiger partial charge in [-0.15, -0.1) is 0 Å². The highest BCUT2D eigenvalue weighted by Crippen LogP contribution is 2.35. The molecule has 2 aromatic carbocycles. The summed E-state index contributed by atoms with van der Waals surface area (Å²) in [5.41, 5.74) is 1.15. The smallest absolute Gasteiger partial charge is 0.243 e. The third-order valence-corrected chi connectivity index (χ3v) is 8.62. The van der Waals surface area contributed by atoms with E-state index in [0.717, 1.165) is 18.2 Å². The van der Waals surface area contributed by atoms with Gasteiger partial charge in [0.2, 0.25) is 21.8 Å². The van der Waals surface area contributed by atoms with Crippen LogP contribution in [0.3, 0.4) is 0 Å². The predicted molar refractivity (Wildman–Crippen MR) is 158 cm³/mol. The van der Waals surface area contributed by atoms with E-state index < -0.39 is 16.1 Å². The molecule has 1 aliphatic rings. The highest BCUT2D eigenvalue weighted by Gasteiger charge is 2.30. The van der Waals surface area contributed by atoms with Crippen LogP contribution in [0.5, 0.6) is 11.5 Å². The van der Waals surface area contributed by atoms with Crippen molar-refractivity contribution in [3.8, 4) is 11.5 Å². The van der Waals surface area contributed by atoms with Crippen LogP contribution >= 0.6 is 23.2 Å². The van der Waals surface area contributed by atoms with Crippen LogP contribution in [-0.2, 0) is 26.2 Å². The van der Waals surface area contributed by atoms with Gasteiger partial charge < -0.3 is 19.7 Å². The summed E-state index contributed by atoms with van der Waals surface area (Å²) in [7, 11) is -3.65. The molecule has 2 atom stereocenters.